The van der Waals surface area contributed by atoms with Crippen LogP contribution in [0.15, 0.2) is 34.9 Å². The minimum absolute atomic E-state index is 0.323. The number of carbonyl (C=O) groups is 1. The molecule has 0 saturated heterocycles. The average molecular weight is 338 g/mol. The fraction of sp³-hybridized carbons (Fsp3) is 0.222. The van der Waals surface area contributed by atoms with Gasteiger partial charge in [0.1, 0.15) is 11.6 Å². The highest BCUT2D eigenvalue weighted by atomic mass is 16.5. The van der Waals surface area contributed by atoms with Crippen LogP contribution in [-0.4, -0.2) is 28.1 Å². The lowest BCUT2D eigenvalue weighted by molar-refractivity contribution is 0.102. The molecule has 2 aromatic heterocycles. The van der Waals surface area contributed by atoms with Gasteiger partial charge in [0.2, 0.25) is 11.7 Å². The van der Waals surface area contributed by atoms with Gasteiger partial charge in [-0.15, -0.1) is 0 Å². The van der Waals surface area contributed by atoms with Gasteiger partial charge in [-0.25, -0.2) is 4.98 Å². The maximum Gasteiger partial charge on any atom is 0.260 e. The third-order valence-electron chi connectivity index (χ3n) is 3.68. The van der Waals surface area contributed by atoms with Crippen LogP contribution >= 0.6 is 0 Å². The van der Waals surface area contributed by atoms with Crippen LogP contribution in [0.5, 0.6) is 5.75 Å². The second-order valence-electron chi connectivity index (χ2n) is 5.60. The first kappa shape index (κ1) is 16.6. The summed E-state index contributed by atoms with van der Waals surface area (Å²) in [4.78, 5) is 21.4. The van der Waals surface area contributed by atoms with Gasteiger partial charge in [0.15, 0.2) is 0 Å². The summed E-state index contributed by atoms with van der Waals surface area (Å²) in [7, 11) is 1.52. The van der Waals surface area contributed by atoms with Gasteiger partial charge in [-0.05, 0) is 37.6 Å². The lowest BCUT2D eigenvalue weighted by Gasteiger charge is -2.13. The highest BCUT2D eigenvalue weighted by molar-refractivity contribution is 6.07. The lowest BCUT2D eigenvalue weighted by atomic mass is 10.1. The van der Waals surface area contributed by atoms with E-state index in [9.17, 15) is 4.79 Å². The Labute approximate surface area is 145 Å². The summed E-state index contributed by atoms with van der Waals surface area (Å²) in [5.74, 6) is 1.38. The van der Waals surface area contributed by atoms with Crippen LogP contribution in [-0.2, 0) is 0 Å². The first-order valence-electron chi connectivity index (χ1n) is 7.73. The first-order chi connectivity index (χ1) is 12.0. The highest BCUT2D eigenvalue weighted by Crippen LogP contribution is 2.29. The molecule has 0 aliphatic carbocycles. The predicted molar refractivity (Wildman–Crippen MR) is 92.7 cm³/mol. The van der Waals surface area contributed by atoms with Crippen molar-refractivity contribution in [2.24, 2.45) is 0 Å². The number of ether oxygens (including phenoxy) is 1. The zero-order valence-corrected chi connectivity index (χ0v) is 14.5. The molecule has 0 aliphatic heterocycles. The van der Waals surface area contributed by atoms with Crippen molar-refractivity contribution in [1.29, 1.82) is 0 Å². The highest BCUT2D eigenvalue weighted by Gasteiger charge is 2.20. The number of pyridine rings is 1. The van der Waals surface area contributed by atoms with E-state index >= 15 is 0 Å². The van der Waals surface area contributed by atoms with Gasteiger partial charge in [-0.2, -0.15) is 4.98 Å². The van der Waals surface area contributed by atoms with E-state index in [-0.39, 0.29) is 5.91 Å². The molecule has 1 aromatic carbocycles. The largest absolute Gasteiger partial charge is 0.496 e. The summed E-state index contributed by atoms with van der Waals surface area (Å²) >= 11 is 0. The van der Waals surface area contributed by atoms with E-state index in [1.54, 1.807) is 31.2 Å². The van der Waals surface area contributed by atoms with Crippen LogP contribution in [0.3, 0.4) is 0 Å². The molecule has 3 rings (SSSR count). The molecule has 0 saturated carbocycles. The second kappa shape index (κ2) is 6.72. The Morgan fingerprint density at radius 1 is 1.16 bits per heavy atom. The normalized spacial score (nSPS) is 10.6. The first-order valence-corrected chi connectivity index (χ1v) is 7.73. The molecule has 0 spiro atoms. The van der Waals surface area contributed by atoms with Crippen LogP contribution in [0.25, 0.3) is 11.4 Å². The monoisotopic (exact) mass is 338 g/mol. The Hall–Kier alpha value is -3.22. The standard InChI is InChI=1S/C18H18N4O3/c1-10-9-11(2)19-16(15(10)17-20-12(3)25-22-17)21-18(23)13-7-5-6-8-14(13)24-4/h5-9H,1-4H3,(H,19,21,23). The summed E-state index contributed by atoms with van der Waals surface area (Å²) in [6, 6.07) is 8.90. The number of aromatic nitrogens is 3. The number of hydrogen-bond acceptors (Lipinski definition) is 6. The van der Waals surface area contributed by atoms with Gasteiger partial charge >= 0.3 is 0 Å². The van der Waals surface area contributed by atoms with E-state index < -0.39 is 0 Å². The molecular weight excluding hydrogens is 320 g/mol. The van der Waals surface area contributed by atoms with Crippen LogP contribution in [0.2, 0.25) is 0 Å². The van der Waals surface area contributed by atoms with Gasteiger partial charge < -0.3 is 14.6 Å². The van der Waals surface area contributed by atoms with Crippen molar-refractivity contribution >= 4 is 11.7 Å². The molecule has 7 heteroatoms. The summed E-state index contributed by atoms with van der Waals surface area (Å²) < 4.78 is 10.3. The Morgan fingerprint density at radius 3 is 2.60 bits per heavy atom. The number of carbonyl (C=O) groups excluding carboxylic acids is 1. The predicted octanol–water partition coefficient (Wildman–Crippen LogP) is 3.32. The molecule has 0 aliphatic rings. The number of aryl methyl sites for hydroxylation is 3. The van der Waals surface area contributed by atoms with Gasteiger partial charge in [-0.1, -0.05) is 17.3 Å². The number of anilines is 1. The van der Waals surface area contributed by atoms with Crippen molar-refractivity contribution in [1.82, 2.24) is 15.1 Å². The third kappa shape index (κ3) is 3.35. The number of amides is 1. The summed E-state index contributed by atoms with van der Waals surface area (Å²) in [6.45, 7) is 5.48. The van der Waals surface area contributed by atoms with Gasteiger partial charge in [0, 0.05) is 12.6 Å². The van der Waals surface area contributed by atoms with E-state index in [4.69, 9.17) is 9.26 Å². The Balaban J connectivity index is 2.04. The fourth-order valence-corrected chi connectivity index (χ4v) is 2.62. The number of benzene rings is 1. The van der Waals surface area contributed by atoms with Crippen molar-refractivity contribution in [2.75, 3.05) is 12.4 Å². The molecule has 0 unspecified atom stereocenters. The molecule has 2 heterocycles. The van der Waals surface area contributed by atoms with Crippen molar-refractivity contribution in [3.63, 3.8) is 0 Å². The topological polar surface area (TPSA) is 90.1 Å². The fourth-order valence-electron chi connectivity index (χ4n) is 2.62. The number of methoxy groups -OCH3 is 1. The molecule has 0 atom stereocenters. The van der Waals surface area contributed by atoms with E-state index in [0.717, 1.165) is 11.3 Å². The molecule has 1 amide bonds. The quantitative estimate of drug-likeness (QED) is 0.785. The zero-order chi connectivity index (χ0) is 18.0. The average Bonchev–Trinajstić information content (AvgIpc) is 3.00. The number of nitrogens with one attached hydrogen (secondary N) is 1. The molecule has 1 N–H and O–H groups in total. The molecular formula is C18H18N4O3. The maximum atomic E-state index is 12.7. The minimum Gasteiger partial charge on any atom is -0.496 e. The summed E-state index contributed by atoms with van der Waals surface area (Å²) in [6.07, 6.45) is 0. The van der Waals surface area contributed by atoms with Crippen LogP contribution in [0.1, 0.15) is 27.5 Å². The molecule has 3 aromatic rings. The van der Waals surface area contributed by atoms with Gasteiger partial charge in [0.25, 0.3) is 5.91 Å². The molecule has 25 heavy (non-hydrogen) atoms. The van der Waals surface area contributed by atoms with Crippen molar-refractivity contribution in [3.8, 4) is 17.1 Å². The van der Waals surface area contributed by atoms with Gasteiger partial charge in [0.05, 0.1) is 18.2 Å². The molecule has 0 fully saturated rings. The minimum atomic E-state index is -0.323. The smallest absolute Gasteiger partial charge is 0.260 e. The second-order valence-corrected chi connectivity index (χ2v) is 5.60. The molecule has 7 nitrogen and oxygen atoms in total. The Morgan fingerprint density at radius 2 is 1.92 bits per heavy atom. The van der Waals surface area contributed by atoms with E-state index in [1.165, 1.54) is 7.11 Å². The zero-order valence-electron chi connectivity index (χ0n) is 14.5. The van der Waals surface area contributed by atoms with Crippen LogP contribution in [0, 0.1) is 20.8 Å². The summed E-state index contributed by atoms with van der Waals surface area (Å²) in [5.41, 5.74) is 2.72. The van der Waals surface area contributed by atoms with Crippen LogP contribution in [0.4, 0.5) is 5.82 Å². The summed E-state index contributed by atoms with van der Waals surface area (Å²) in [5, 5.41) is 6.79. The van der Waals surface area contributed by atoms with E-state index in [2.05, 4.69) is 20.4 Å². The van der Waals surface area contributed by atoms with Gasteiger partial charge in [-0.3, -0.25) is 4.79 Å². The number of rotatable bonds is 4. The lowest BCUT2D eigenvalue weighted by Crippen LogP contribution is -2.16. The van der Waals surface area contributed by atoms with E-state index in [1.807, 2.05) is 19.9 Å². The van der Waals surface area contributed by atoms with Crippen molar-refractivity contribution < 1.29 is 14.1 Å². The Bertz CT molecular complexity index is 934. The number of nitrogens with zero attached hydrogens (tertiary/aromatic N) is 3. The van der Waals surface area contributed by atoms with Crippen LogP contribution < -0.4 is 10.1 Å². The maximum absolute atomic E-state index is 12.7. The van der Waals surface area contributed by atoms with Crippen molar-refractivity contribution in [2.45, 2.75) is 20.8 Å². The Kier molecular flexibility index (Phi) is 4.47. The SMILES string of the molecule is COc1ccccc1C(=O)Nc1nc(C)cc(C)c1-c1noc(C)n1. The molecule has 0 radical (unpaired) electrons. The molecule has 0 bridgehead atoms. The van der Waals surface area contributed by atoms with E-state index in [0.29, 0.717) is 34.4 Å². The molecule has 128 valence electrons. The number of para-hydroxylation sites is 1. The number of hydrogen-bond donors (Lipinski definition) is 1. The third-order valence-corrected chi connectivity index (χ3v) is 3.68. The van der Waals surface area contributed by atoms with Crippen molar-refractivity contribution in [3.05, 3.63) is 53.0 Å².